The van der Waals surface area contributed by atoms with E-state index in [0.717, 1.165) is 19.3 Å². The van der Waals surface area contributed by atoms with Crippen LogP contribution >= 0.6 is 11.8 Å². The maximum Gasteiger partial charge on any atom is 0.329 e. The summed E-state index contributed by atoms with van der Waals surface area (Å²) in [5.41, 5.74) is 0. The second-order valence-electron chi connectivity index (χ2n) is 3.82. The summed E-state index contributed by atoms with van der Waals surface area (Å²) in [5, 5.41) is 11.8. The van der Waals surface area contributed by atoms with Crippen molar-refractivity contribution >= 4 is 23.6 Å². The Bertz CT molecular complexity index is 259. The molecule has 1 aliphatic rings. The highest BCUT2D eigenvalue weighted by Crippen LogP contribution is 2.27. The maximum atomic E-state index is 11.3. The van der Waals surface area contributed by atoms with E-state index in [1.807, 2.05) is 11.8 Å². The van der Waals surface area contributed by atoms with E-state index in [0.29, 0.717) is 5.25 Å². The van der Waals surface area contributed by atoms with Crippen LogP contribution in [0.4, 0.5) is 0 Å². The third-order valence-corrected chi connectivity index (χ3v) is 3.64. The number of hydrogen-bond acceptors (Lipinski definition) is 4. The van der Waals surface area contributed by atoms with Crippen molar-refractivity contribution in [3.05, 3.63) is 0 Å². The molecular weight excluding hydrogens is 230 g/mol. The first-order valence-electron chi connectivity index (χ1n) is 5.23. The molecule has 1 fully saturated rings. The Kier molecular flexibility index (Phi) is 5.62. The van der Waals surface area contributed by atoms with Crippen LogP contribution in [-0.2, 0) is 14.3 Å². The number of thioether (sulfide) groups is 1. The van der Waals surface area contributed by atoms with Crippen molar-refractivity contribution in [3.8, 4) is 0 Å². The predicted octanol–water partition coefficient (Wildman–Crippen LogP) is 0.488. The molecule has 0 aromatic heterocycles. The van der Waals surface area contributed by atoms with Gasteiger partial charge >= 0.3 is 5.97 Å². The van der Waals surface area contributed by atoms with Crippen LogP contribution in [0.15, 0.2) is 0 Å². The molecule has 0 aromatic carbocycles. The van der Waals surface area contributed by atoms with Gasteiger partial charge in [-0.3, -0.25) is 4.79 Å². The fourth-order valence-corrected chi connectivity index (χ4v) is 2.58. The Balaban J connectivity index is 2.12. The highest BCUT2D eigenvalue weighted by molar-refractivity contribution is 7.99. The van der Waals surface area contributed by atoms with Crippen LogP contribution in [0.25, 0.3) is 0 Å². The molecule has 1 saturated carbocycles. The Hall–Kier alpha value is -0.750. The largest absolute Gasteiger partial charge is 0.480 e. The first kappa shape index (κ1) is 13.3. The lowest BCUT2D eigenvalue weighted by Gasteiger charge is -2.12. The van der Waals surface area contributed by atoms with Gasteiger partial charge in [0.1, 0.15) is 13.2 Å². The van der Waals surface area contributed by atoms with E-state index in [-0.39, 0.29) is 18.6 Å². The van der Waals surface area contributed by atoms with Gasteiger partial charge in [0.05, 0.1) is 0 Å². The SMILES string of the molecule is CSC1CCC(NC(=O)COCC(=O)O)C1. The minimum absolute atomic E-state index is 0.174. The van der Waals surface area contributed by atoms with E-state index < -0.39 is 12.6 Å². The molecule has 6 heteroatoms. The second kappa shape index (κ2) is 6.75. The van der Waals surface area contributed by atoms with Crippen molar-refractivity contribution in [2.75, 3.05) is 19.5 Å². The molecule has 92 valence electrons. The van der Waals surface area contributed by atoms with Gasteiger partial charge in [0.15, 0.2) is 0 Å². The Morgan fingerprint density at radius 2 is 2.19 bits per heavy atom. The number of aliphatic carboxylic acids is 1. The molecule has 0 saturated heterocycles. The number of carbonyl (C=O) groups excluding carboxylic acids is 1. The van der Waals surface area contributed by atoms with Crippen LogP contribution in [0.3, 0.4) is 0 Å². The molecule has 0 aliphatic heterocycles. The lowest BCUT2D eigenvalue weighted by Crippen LogP contribution is -2.36. The number of amides is 1. The summed E-state index contributed by atoms with van der Waals surface area (Å²) in [6.07, 6.45) is 5.19. The van der Waals surface area contributed by atoms with Gasteiger partial charge in [0.2, 0.25) is 5.91 Å². The average Bonchev–Trinajstić information content (AvgIpc) is 2.65. The number of carboxylic acid groups (broad SMARTS) is 1. The fraction of sp³-hybridized carbons (Fsp3) is 0.800. The maximum absolute atomic E-state index is 11.3. The second-order valence-corrected chi connectivity index (χ2v) is 4.96. The average molecular weight is 247 g/mol. The highest BCUT2D eigenvalue weighted by atomic mass is 32.2. The van der Waals surface area contributed by atoms with Gasteiger partial charge in [-0.25, -0.2) is 4.79 Å². The number of hydrogen-bond donors (Lipinski definition) is 2. The van der Waals surface area contributed by atoms with Gasteiger partial charge in [-0.15, -0.1) is 0 Å². The lowest BCUT2D eigenvalue weighted by atomic mass is 10.2. The summed E-state index contributed by atoms with van der Waals surface area (Å²) in [5.74, 6) is -1.29. The van der Waals surface area contributed by atoms with Crippen LogP contribution < -0.4 is 5.32 Å². The highest BCUT2D eigenvalue weighted by Gasteiger charge is 2.24. The molecule has 2 unspecified atom stereocenters. The molecule has 1 amide bonds. The molecule has 0 heterocycles. The first-order valence-corrected chi connectivity index (χ1v) is 6.52. The minimum atomic E-state index is -1.06. The summed E-state index contributed by atoms with van der Waals surface area (Å²) < 4.78 is 4.70. The van der Waals surface area contributed by atoms with E-state index in [9.17, 15) is 9.59 Å². The topological polar surface area (TPSA) is 75.6 Å². The van der Waals surface area contributed by atoms with Crippen molar-refractivity contribution < 1.29 is 19.4 Å². The molecule has 0 spiro atoms. The summed E-state index contributed by atoms with van der Waals surface area (Å²) in [4.78, 5) is 21.5. The van der Waals surface area contributed by atoms with Crippen LogP contribution in [0, 0.1) is 0 Å². The van der Waals surface area contributed by atoms with Gasteiger partial charge < -0.3 is 15.2 Å². The standard InChI is InChI=1S/C10H17NO4S/c1-16-8-3-2-7(4-8)11-9(12)5-15-6-10(13)14/h7-8H,2-6H2,1H3,(H,11,12)(H,13,14). The molecule has 5 nitrogen and oxygen atoms in total. The predicted molar refractivity (Wildman–Crippen MR) is 61.5 cm³/mol. The molecule has 2 atom stereocenters. The van der Waals surface area contributed by atoms with E-state index in [1.54, 1.807) is 0 Å². The van der Waals surface area contributed by atoms with Crippen LogP contribution in [0.1, 0.15) is 19.3 Å². The molecule has 0 bridgehead atoms. The zero-order valence-electron chi connectivity index (χ0n) is 9.27. The van der Waals surface area contributed by atoms with E-state index >= 15 is 0 Å². The molecule has 0 radical (unpaired) electrons. The third kappa shape index (κ3) is 4.85. The summed E-state index contributed by atoms with van der Waals surface area (Å²) >= 11 is 1.82. The normalized spacial score (nSPS) is 24.3. The minimum Gasteiger partial charge on any atom is -0.480 e. The summed E-state index contributed by atoms with van der Waals surface area (Å²) in [6.45, 7) is -0.599. The van der Waals surface area contributed by atoms with Gasteiger partial charge in [-0.1, -0.05) is 0 Å². The number of ether oxygens (including phenoxy) is 1. The zero-order chi connectivity index (χ0) is 12.0. The van der Waals surface area contributed by atoms with Gasteiger partial charge in [-0.05, 0) is 25.5 Å². The Morgan fingerprint density at radius 1 is 1.44 bits per heavy atom. The van der Waals surface area contributed by atoms with E-state index in [2.05, 4.69) is 11.6 Å². The Morgan fingerprint density at radius 3 is 2.75 bits per heavy atom. The van der Waals surface area contributed by atoms with Crippen molar-refractivity contribution in [3.63, 3.8) is 0 Å². The zero-order valence-corrected chi connectivity index (χ0v) is 10.1. The molecule has 1 aliphatic carbocycles. The number of carbonyl (C=O) groups is 2. The van der Waals surface area contributed by atoms with Gasteiger partial charge in [-0.2, -0.15) is 11.8 Å². The van der Waals surface area contributed by atoms with Crippen molar-refractivity contribution in [1.82, 2.24) is 5.32 Å². The van der Waals surface area contributed by atoms with Crippen molar-refractivity contribution in [2.45, 2.75) is 30.6 Å². The van der Waals surface area contributed by atoms with Crippen molar-refractivity contribution in [1.29, 1.82) is 0 Å². The monoisotopic (exact) mass is 247 g/mol. The van der Waals surface area contributed by atoms with Crippen molar-refractivity contribution in [2.24, 2.45) is 0 Å². The number of rotatable bonds is 6. The smallest absolute Gasteiger partial charge is 0.329 e. The molecular formula is C10H17NO4S. The van der Waals surface area contributed by atoms with Crippen LogP contribution in [-0.4, -0.2) is 47.7 Å². The fourth-order valence-electron chi connectivity index (χ4n) is 1.79. The molecule has 16 heavy (non-hydrogen) atoms. The van der Waals surface area contributed by atoms with Crippen LogP contribution in [0.5, 0.6) is 0 Å². The molecule has 0 aromatic rings. The third-order valence-electron chi connectivity index (χ3n) is 2.54. The van der Waals surface area contributed by atoms with Gasteiger partial charge in [0.25, 0.3) is 0 Å². The number of carboxylic acids is 1. The summed E-state index contributed by atoms with van der Waals surface area (Å²) in [7, 11) is 0. The Labute approximate surface area is 98.9 Å². The van der Waals surface area contributed by atoms with E-state index in [4.69, 9.17) is 9.84 Å². The number of nitrogens with one attached hydrogen (secondary N) is 1. The van der Waals surface area contributed by atoms with E-state index in [1.165, 1.54) is 0 Å². The molecule has 2 N–H and O–H groups in total. The summed E-state index contributed by atoms with van der Waals surface area (Å²) in [6, 6.07) is 0.221. The molecule has 1 rings (SSSR count). The quantitative estimate of drug-likeness (QED) is 0.714. The lowest BCUT2D eigenvalue weighted by molar-refractivity contribution is -0.143. The first-order chi connectivity index (χ1) is 7.61. The van der Waals surface area contributed by atoms with Gasteiger partial charge in [0, 0.05) is 11.3 Å². The van der Waals surface area contributed by atoms with Crippen LogP contribution in [0.2, 0.25) is 0 Å².